The van der Waals surface area contributed by atoms with Crippen molar-refractivity contribution in [1.29, 1.82) is 0 Å². The van der Waals surface area contributed by atoms with E-state index in [-0.39, 0.29) is 12.0 Å². The van der Waals surface area contributed by atoms with Gasteiger partial charge < -0.3 is 14.8 Å². The molecule has 1 amide bonds. The fourth-order valence-electron chi connectivity index (χ4n) is 2.05. The van der Waals surface area contributed by atoms with Crippen LogP contribution >= 0.6 is 11.6 Å². The fraction of sp³-hybridized carbons (Fsp3) is 0.278. The zero-order valence-electron chi connectivity index (χ0n) is 13.4. The molecule has 0 heterocycles. The summed E-state index contributed by atoms with van der Waals surface area (Å²) in [6.07, 6.45) is 0.0403. The number of carbonyl (C=O) groups excluding carboxylic acids is 1. The Bertz CT molecular complexity index is 668. The highest BCUT2D eigenvalue weighted by Gasteiger charge is 2.09. The van der Waals surface area contributed by atoms with Crippen LogP contribution in [0.25, 0.3) is 0 Å². The Morgan fingerprint density at radius 2 is 1.87 bits per heavy atom. The zero-order valence-corrected chi connectivity index (χ0v) is 14.2. The molecule has 23 heavy (non-hydrogen) atoms. The van der Waals surface area contributed by atoms with Crippen LogP contribution in [0.4, 0.5) is 5.69 Å². The molecule has 0 fully saturated rings. The van der Waals surface area contributed by atoms with Crippen LogP contribution in [0.15, 0.2) is 42.5 Å². The van der Waals surface area contributed by atoms with E-state index in [1.165, 1.54) is 0 Å². The lowest BCUT2D eigenvalue weighted by atomic mass is 10.1. The van der Waals surface area contributed by atoms with Gasteiger partial charge >= 0.3 is 0 Å². The van der Waals surface area contributed by atoms with Gasteiger partial charge in [0, 0.05) is 18.4 Å². The minimum absolute atomic E-state index is 0.0403. The molecule has 0 saturated carbocycles. The van der Waals surface area contributed by atoms with Crippen LogP contribution in [0.3, 0.4) is 0 Å². The normalized spacial score (nSPS) is 10.7. The third-order valence-corrected chi connectivity index (χ3v) is 3.37. The molecule has 122 valence electrons. The van der Waals surface area contributed by atoms with E-state index in [0.29, 0.717) is 28.6 Å². The number of rotatable bonds is 6. The first kappa shape index (κ1) is 17.3. The minimum atomic E-state index is -0.192. The van der Waals surface area contributed by atoms with Crippen LogP contribution in [0.2, 0.25) is 5.02 Å². The summed E-state index contributed by atoms with van der Waals surface area (Å²) in [4.78, 5) is 12.2. The van der Waals surface area contributed by atoms with Crippen LogP contribution in [-0.2, 0) is 11.3 Å². The van der Waals surface area contributed by atoms with Crippen molar-refractivity contribution in [2.45, 2.75) is 26.6 Å². The lowest BCUT2D eigenvalue weighted by Gasteiger charge is -2.13. The summed E-state index contributed by atoms with van der Waals surface area (Å²) in [6.45, 7) is 4.38. The fourth-order valence-corrected chi connectivity index (χ4v) is 2.28. The molecular formula is C18H20ClNO3. The van der Waals surface area contributed by atoms with Gasteiger partial charge in [-0.1, -0.05) is 23.7 Å². The Morgan fingerprint density at radius 3 is 2.43 bits per heavy atom. The molecule has 0 saturated heterocycles. The van der Waals surface area contributed by atoms with Crippen LogP contribution in [0.1, 0.15) is 29.8 Å². The summed E-state index contributed by atoms with van der Waals surface area (Å²) < 4.78 is 10.6. The van der Waals surface area contributed by atoms with E-state index in [1.54, 1.807) is 37.4 Å². The Labute approximate surface area is 141 Å². The maximum atomic E-state index is 12.2. The second-order valence-electron chi connectivity index (χ2n) is 5.40. The SMILES string of the molecule is COCc1ccc(C(=O)Nc2ccc(OC(C)C)c(Cl)c2)cc1. The van der Waals surface area contributed by atoms with Crippen molar-refractivity contribution in [3.05, 3.63) is 58.6 Å². The quantitative estimate of drug-likeness (QED) is 0.845. The van der Waals surface area contributed by atoms with E-state index >= 15 is 0 Å². The van der Waals surface area contributed by atoms with E-state index in [2.05, 4.69) is 5.32 Å². The van der Waals surface area contributed by atoms with E-state index in [1.807, 2.05) is 26.0 Å². The maximum Gasteiger partial charge on any atom is 0.255 e. The van der Waals surface area contributed by atoms with Crippen LogP contribution in [0, 0.1) is 0 Å². The van der Waals surface area contributed by atoms with Crippen molar-refractivity contribution < 1.29 is 14.3 Å². The number of ether oxygens (including phenoxy) is 2. The molecule has 2 aromatic rings. The Kier molecular flexibility index (Phi) is 6.02. The molecule has 0 aliphatic heterocycles. The van der Waals surface area contributed by atoms with E-state index in [4.69, 9.17) is 21.1 Å². The van der Waals surface area contributed by atoms with E-state index < -0.39 is 0 Å². The monoisotopic (exact) mass is 333 g/mol. The van der Waals surface area contributed by atoms with Crippen molar-refractivity contribution >= 4 is 23.2 Å². The first-order chi connectivity index (χ1) is 11.0. The predicted octanol–water partition coefficient (Wildman–Crippen LogP) is 4.53. The first-order valence-corrected chi connectivity index (χ1v) is 7.73. The van der Waals surface area contributed by atoms with Crippen molar-refractivity contribution in [2.75, 3.05) is 12.4 Å². The number of anilines is 1. The largest absolute Gasteiger partial charge is 0.489 e. The number of hydrogen-bond donors (Lipinski definition) is 1. The Hall–Kier alpha value is -2.04. The summed E-state index contributed by atoms with van der Waals surface area (Å²) >= 11 is 6.17. The second kappa shape index (κ2) is 7.99. The van der Waals surface area contributed by atoms with Crippen molar-refractivity contribution in [3.8, 4) is 5.75 Å². The van der Waals surface area contributed by atoms with Gasteiger partial charge in [0.25, 0.3) is 5.91 Å². The van der Waals surface area contributed by atoms with Gasteiger partial charge in [0.2, 0.25) is 0 Å². The molecule has 5 heteroatoms. The molecule has 2 rings (SSSR count). The molecule has 0 atom stereocenters. The van der Waals surface area contributed by atoms with Crippen LogP contribution < -0.4 is 10.1 Å². The highest BCUT2D eigenvalue weighted by molar-refractivity contribution is 6.32. The van der Waals surface area contributed by atoms with Gasteiger partial charge in [0.15, 0.2) is 0 Å². The highest BCUT2D eigenvalue weighted by atomic mass is 35.5. The molecule has 1 N–H and O–H groups in total. The smallest absolute Gasteiger partial charge is 0.255 e. The van der Waals surface area contributed by atoms with Gasteiger partial charge in [0.1, 0.15) is 5.75 Å². The van der Waals surface area contributed by atoms with Crippen LogP contribution in [0.5, 0.6) is 5.75 Å². The number of benzene rings is 2. The summed E-state index contributed by atoms with van der Waals surface area (Å²) in [5, 5.41) is 3.29. The molecule has 4 nitrogen and oxygen atoms in total. The molecule has 0 unspecified atom stereocenters. The van der Waals surface area contributed by atoms with Gasteiger partial charge in [-0.05, 0) is 49.7 Å². The number of nitrogens with one attached hydrogen (secondary N) is 1. The summed E-state index contributed by atoms with van der Waals surface area (Å²) in [7, 11) is 1.64. The number of amides is 1. The molecule has 0 aromatic heterocycles. The zero-order chi connectivity index (χ0) is 16.8. The lowest BCUT2D eigenvalue weighted by Crippen LogP contribution is -2.12. The number of hydrogen-bond acceptors (Lipinski definition) is 3. The molecule has 0 aliphatic carbocycles. The Balaban J connectivity index is 2.06. The number of methoxy groups -OCH3 is 1. The summed E-state index contributed by atoms with van der Waals surface area (Å²) in [5.41, 5.74) is 2.21. The number of carbonyl (C=O) groups is 1. The molecule has 0 aliphatic rings. The topological polar surface area (TPSA) is 47.6 Å². The number of halogens is 1. The average molecular weight is 334 g/mol. The van der Waals surface area contributed by atoms with Gasteiger partial charge in [-0.15, -0.1) is 0 Å². The van der Waals surface area contributed by atoms with Gasteiger partial charge in [-0.3, -0.25) is 4.79 Å². The average Bonchev–Trinajstić information content (AvgIpc) is 2.50. The molecule has 0 radical (unpaired) electrons. The minimum Gasteiger partial charge on any atom is -0.489 e. The predicted molar refractivity (Wildman–Crippen MR) is 92.3 cm³/mol. The van der Waals surface area contributed by atoms with Crippen LogP contribution in [-0.4, -0.2) is 19.1 Å². The molecular weight excluding hydrogens is 314 g/mol. The van der Waals surface area contributed by atoms with Crippen molar-refractivity contribution in [1.82, 2.24) is 0 Å². The van der Waals surface area contributed by atoms with Gasteiger partial charge in [0.05, 0.1) is 17.7 Å². The van der Waals surface area contributed by atoms with E-state index in [0.717, 1.165) is 5.56 Å². The van der Waals surface area contributed by atoms with Gasteiger partial charge in [-0.25, -0.2) is 0 Å². The maximum absolute atomic E-state index is 12.2. The Morgan fingerprint density at radius 1 is 1.17 bits per heavy atom. The van der Waals surface area contributed by atoms with Crippen molar-refractivity contribution in [3.63, 3.8) is 0 Å². The standard InChI is InChI=1S/C18H20ClNO3/c1-12(2)23-17-9-8-15(10-16(17)19)20-18(21)14-6-4-13(5-7-14)11-22-3/h4-10,12H,11H2,1-3H3,(H,20,21). The van der Waals surface area contributed by atoms with Gasteiger partial charge in [-0.2, -0.15) is 0 Å². The molecule has 0 bridgehead atoms. The first-order valence-electron chi connectivity index (χ1n) is 7.35. The molecule has 2 aromatic carbocycles. The molecule has 0 spiro atoms. The second-order valence-corrected chi connectivity index (χ2v) is 5.80. The van der Waals surface area contributed by atoms with Crippen molar-refractivity contribution in [2.24, 2.45) is 0 Å². The summed E-state index contributed by atoms with van der Waals surface area (Å²) in [6, 6.07) is 12.5. The third kappa shape index (κ3) is 4.98. The summed E-state index contributed by atoms with van der Waals surface area (Å²) in [5.74, 6) is 0.408. The highest BCUT2D eigenvalue weighted by Crippen LogP contribution is 2.28. The lowest BCUT2D eigenvalue weighted by molar-refractivity contribution is 0.102. The third-order valence-electron chi connectivity index (χ3n) is 3.08. The van der Waals surface area contributed by atoms with E-state index in [9.17, 15) is 4.79 Å².